The number of ether oxygens (including phenoxy) is 1. The number of benzene rings is 2. The van der Waals surface area contributed by atoms with E-state index in [0.717, 1.165) is 13.1 Å². The molecule has 0 aromatic heterocycles. The van der Waals surface area contributed by atoms with Crippen molar-refractivity contribution < 1.29 is 24.2 Å². The van der Waals surface area contributed by atoms with Gasteiger partial charge in [0, 0.05) is 48.9 Å². The largest absolute Gasteiger partial charge is 0.507 e. The number of aliphatic hydroxyl groups is 1. The third-order valence-electron chi connectivity index (χ3n) is 7.20. The molecule has 0 bridgehead atoms. The van der Waals surface area contributed by atoms with Crippen molar-refractivity contribution in [2.45, 2.75) is 12.0 Å². The second-order valence-corrected chi connectivity index (χ2v) is 9.69. The molecule has 9 heteroatoms. The minimum absolute atomic E-state index is 0.168. The third kappa shape index (κ3) is 4.05. The highest BCUT2D eigenvalue weighted by Gasteiger charge is 2.66. The summed E-state index contributed by atoms with van der Waals surface area (Å²) in [4.78, 5) is 46.5. The molecule has 2 fully saturated rings. The standard InChI is InChI=1S/C28H28ClN3O5/c1-2-12-31-22-7-4-3-6-21(22)28(27(31)36)23(24(33)19-8-10-20(29)11-9-19)25(34)26(35)32(28)14-5-13-30-15-17-37-18-16-30/h2-4,6-11,33H,1,5,12-18H2. The van der Waals surface area contributed by atoms with Crippen LogP contribution in [0.2, 0.25) is 5.02 Å². The van der Waals surface area contributed by atoms with Crippen LogP contribution in [0.5, 0.6) is 0 Å². The molecule has 3 aliphatic rings. The van der Waals surface area contributed by atoms with E-state index in [4.69, 9.17) is 16.3 Å². The molecule has 3 aliphatic heterocycles. The third-order valence-corrected chi connectivity index (χ3v) is 7.45. The molecule has 2 aromatic carbocycles. The first-order valence-corrected chi connectivity index (χ1v) is 12.7. The van der Waals surface area contributed by atoms with E-state index in [9.17, 15) is 19.5 Å². The summed E-state index contributed by atoms with van der Waals surface area (Å²) in [7, 11) is 0. The van der Waals surface area contributed by atoms with Crippen molar-refractivity contribution >= 4 is 40.6 Å². The number of morpholine rings is 1. The predicted octanol–water partition coefficient (Wildman–Crippen LogP) is 3.17. The number of hydrogen-bond donors (Lipinski definition) is 1. The van der Waals surface area contributed by atoms with Gasteiger partial charge < -0.3 is 19.6 Å². The number of hydrogen-bond acceptors (Lipinski definition) is 6. The number of rotatable bonds is 7. The molecule has 37 heavy (non-hydrogen) atoms. The van der Waals surface area contributed by atoms with Crippen molar-refractivity contribution in [3.63, 3.8) is 0 Å². The minimum atomic E-state index is -1.78. The average molecular weight is 522 g/mol. The normalized spacial score (nSPS) is 23.2. The van der Waals surface area contributed by atoms with Crippen molar-refractivity contribution in [2.24, 2.45) is 0 Å². The summed E-state index contributed by atoms with van der Waals surface area (Å²) in [5.41, 5.74) is -0.641. The van der Waals surface area contributed by atoms with Gasteiger partial charge in [0.2, 0.25) is 0 Å². The second-order valence-electron chi connectivity index (χ2n) is 9.26. The van der Waals surface area contributed by atoms with E-state index < -0.39 is 28.9 Å². The van der Waals surface area contributed by atoms with E-state index in [1.807, 2.05) is 0 Å². The van der Waals surface area contributed by atoms with Gasteiger partial charge in [-0.15, -0.1) is 6.58 Å². The van der Waals surface area contributed by atoms with Crippen molar-refractivity contribution in [2.75, 3.05) is 50.8 Å². The van der Waals surface area contributed by atoms with Crippen molar-refractivity contribution in [1.82, 2.24) is 9.80 Å². The highest BCUT2D eigenvalue weighted by molar-refractivity contribution is 6.50. The number of aliphatic hydroxyl groups excluding tert-OH is 1. The quantitative estimate of drug-likeness (QED) is 0.260. The molecule has 0 radical (unpaired) electrons. The first-order valence-electron chi connectivity index (χ1n) is 12.3. The number of para-hydroxylation sites is 1. The van der Waals surface area contributed by atoms with E-state index in [2.05, 4.69) is 11.5 Å². The van der Waals surface area contributed by atoms with Crippen LogP contribution in [0.15, 0.2) is 66.8 Å². The SMILES string of the molecule is C=CCN1C(=O)C2(C(=C(O)c3ccc(Cl)cc3)C(=O)C(=O)N2CCCN2CCOCC2)c2ccccc21. The maximum Gasteiger partial charge on any atom is 0.296 e. The van der Waals surface area contributed by atoms with Crippen molar-refractivity contribution in [3.05, 3.63) is 82.9 Å². The Morgan fingerprint density at radius 2 is 1.76 bits per heavy atom. The number of carbonyl (C=O) groups is 3. The van der Waals surface area contributed by atoms with Gasteiger partial charge >= 0.3 is 0 Å². The maximum absolute atomic E-state index is 14.3. The number of Topliss-reactive ketones (excluding diaryl/α,β-unsaturated/α-hetero) is 1. The number of carbonyl (C=O) groups excluding carboxylic acids is 3. The highest BCUT2D eigenvalue weighted by Crippen LogP contribution is 2.53. The average Bonchev–Trinajstić information content (AvgIpc) is 3.28. The lowest BCUT2D eigenvalue weighted by atomic mass is 9.82. The molecule has 2 amide bonds. The summed E-state index contributed by atoms with van der Waals surface area (Å²) in [6.45, 7) is 7.69. The molecule has 192 valence electrons. The first kappa shape index (κ1) is 25.2. The van der Waals surface area contributed by atoms with Gasteiger partial charge in [-0.2, -0.15) is 0 Å². The summed E-state index contributed by atoms with van der Waals surface area (Å²) in [5, 5.41) is 11.9. The summed E-state index contributed by atoms with van der Waals surface area (Å²) >= 11 is 6.03. The van der Waals surface area contributed by atoms with Crippen LogP contribution >= 0.6 is 11.6 Å². The van der Waals surface area contributed by atoms with E-state index >= 15 is 0 Å². The number of fused-ring (bicyclic) bond motifs is 2. The van der Waals surface area contributed by atoms with Gasteiger partial charge in [0.1, 0.15) is 5.76 Å². The van der Waals surface area contributed by atoms with Crippen LogP contribution in [0.1, 0.15) is 17.5 Å². The fourth-order valence-corrected chi connectivity index (χ4v) is 5.63. The summed E-state index contributed by atoms with van der Waals surface area (Å²) in [6, 6.07) is 13.4. The molecule has 0 aliphatic carbocycles. The Bertz CT molecular complexity index is 1280. The topological polar surface area (TPSA) is 90.4 Å². The lowest BCUT2D eigenvalue weighted by Crippen LogP contribution is -2.52. The number of amides is 2. The Morgan fingerprint density at radius 3 is 2.46 bits per heavy atom. The summed E-state index contributed by atoms with van der Waals surface area (Å²) in [6.07, 6.45) is 2.14. The van der Waals surface area contributed by atoms with Gasteiger partial charge in [0.15, 0.2) is 5.54 Å². The van der Waals surface area contributed by atoms with Gasteiger partial charge in [0.25, 0.3) is 17.6 Å². The Balaban J connectivity index is 1.65. The molecule has 1 atom stereocenters. The van der Waals surface area contributed by atoms with Crippen LogP contribution in [0, 0.1) is 0 Å². The van der Waals surface area contributed by atoms with Crippen LogP contribution in [-0.4, -0.2) is 78.4 Å². The zero-order valence-electron chi connectivity index (χ0n) is 20.4. The Labute approximate surface area is 220 Å². The fraction of sp³-hybridized carbons (Fsp3) is 0.321. The molecule has 3 heterocycles. The monoisotopic (exact) mass is 521 g/mol. The molecule has 1 N–H and O–H groups in total. The number of likely N-dealkylation sites (tertiary alicyclic amines) is 1. The van der Waals surface area contributed by atoms with Gasteiger partial charge in [-0.05, 0) is 36.8 Å². The highest BCUT2D eigenvalue weighted by atomic mass is 35.5. The number of ketones is 1. The van der Waals surface area contributed by atoms with E-state index in [-0.39, 0.29) is 18.7 Å². The second kappa shape index (κ2) is 10.1. The summed E-state index contributed by atoms with van der Waals surface area (Å²) in [5.74, 6) is -2.56. The van der Waals surface area contributed by atoms with Crippen molar-refractivity contribution in [3.8, 4) is 0 Å². The first-order chi connectivity index (χ1) is 17.9. The predicted molar refractivity (Wildman–Crippen MR) is 140 cm³/mol. The van der Waals surface area contributed by atoms with Gasteiger partial charge in [-0.3, -0.25) is 19.3 Å². The summed E-state index contributed by atoms with van der Waals surface area (Å²) < 4.78 is 5.41. The molecule has 8 nitrogen and oxygen atoms in total. The van der Waals surface area contributed by atoms with Gasteiger partial charge in [-0.25, -0.2) is 0 Å². The fourth-order valence-electron chi connectivity index (χ4n) is 5.51. The zero-order valence-corrected chi connectivity index (χ0v) is 21.1. The number of anilines is 1. The van der Waals surface area contributed by atoms with E-state index in [0.29, 0.717) is 48.0 Å². The van der Waals surface area contributed by atoms with Crippen molar-refractivity contribution in [1.29, 1.82) is 0 Å². The zero-order chi connectivity index (χ0) is 26.2. The molecular weight excluding hydrogens is 494 g/mol. The molecule has 2 aromatic rings. The lowest BCUT2D eigenvalue weighted by molar-refractivity contribution is -0.143. The number of nitrogens with zero attached hydrogens (tertiary/aromatic N) is 3. The molecule has 2 saturated heterocycles. The van der Waals surface area contributed by atoms with Crippen LogP contribution in [0.4, 0.5) is 5.69 Å². The van der Waals surface area contributed by atoms with Crippen LogP contribution < -0.4 is 4.90 Å². The molecular formula is C28H28ClN3O5. The minimum Gasteiger partial charge on any atom is -0.507 e. The Morgan fingerprint density at radius 1 is 1.05 bits per heavy atom. The molecule has 5 rings (SSSR count). The maximum atomic E-state index is 14.3. The van der Waals surface area contributed by atoms with Crippen LogP contribution in [-0.2, 0) is 24.7 Å². The van der Waals surface area contributed by atoms with Crippen LogP contribution in [0.25, 0.3) is 5.76 Å². The van der Waals surface area contributed by atoms with Gasteiger partial charge in [-0.1, -0.05) is 35.9 Å². The molecule has 1 spiro atoms. The number of halogens is 1. The smallest absolute Gasteiger partial charge is 0.296 e. The lowest BCUT2D eigenvalue weighted by Gasteiger charge is -2.35. The molecule has 0 saturated carbocycles. The van der Waals surface area contributed by atoms with E-state index in [1.165, 1.54) is 9.80 Å². The Kier molecular flexibility index (Phi) is 6.90. The van der Waals surface area contributed by atoms with E-state index in [1.54, 1.807) is 54.6 Å². The van der Waals surface area contributed by atoms with Crippen LogP contribution in [0.3, 0.4) is 0 Å². The Hall–Kier alpha value is -3.46. The molecule has 1 unspecified atom stereocenters. The van der Waals surface area contributed by atoms with Gasteiger partial charge in [0.05, 0.1) is 24.5 Å².